The van der Waals surface area contributed by atoms with Crippen LogP contribution in [0.15, 0.2) is 212 Å². The zero-order valence-corrected chi connectivity index (χ0v) is 54.7. The standard InChI is InChI=1S/C85H68O18/c1-37(38-2-14-46(86)15-3-38)66-56-31-54(94)33-60(98)74(56)69(41-8-20-49(89)21-9-41)82-68(40-6-18-48(88)19-7-40)73(80-63(101)35-62(100)78(66)84(80)82)45-28-58(96)77(59(97)29-45)71(43-12-24-51(91)25-13-43)76-57-32-55(95)34-61(99)75(57)70(42-10-22-50(90)23-11-42)83-67(39-4-16-47(87)17-5-39)72(44-26-52(92)30-53(93)27-44)79-64(102)36-65(103)81(76)85(79)83/h2-37,66-73,76,82-83,86-103H,1H3/t37?,66-,67-,68?,69-,70+,71+,72-,73-,76?,82-,83+/m1/s1. The molecule has 103 heavy (non-hydrogen) atoms. The number of phenols is 18. The topological polar surface area (TPSA) is 364 Å². The second kappa shape index (κ2) is 24.2. The second-order valence-electron chi connectivity index (χ2n) is 27.8. The van der Waals surface area contributed by atoms with Gasteiger partial charge in [0.2, 0.25) is 0 Å². The fraction of sp³-hybridized carbons (Fsp3) is 0.153. The van der Waals surface area contributed by atoms with Gasteiger partial charge in [0, 0.05) is 134 Å². The van der Waals surface area contributed by atoms with E-state index in [0.29, 0.717) is 50.1 Å². The number of aromatic hydroxyl groups is 18. The molecular weight excluding hydrogens is 1310 g/mol. The molecule has 0 radical (unpaired) electrons. The lowest BCUT2D eigenvalue weighted by molar-refractivity contribution is 0.414. The van der Waals surface area contributed by atoms with Crippen LogP contribution in [0.2, 0.25) is 0 Å². The van der Waals surface area contributed by atoms with E-state index in [-0.39, 0.29) is 119 Å². The molecule has 0 bridgehead atoms. The van der Waals surface area contributed by atoms with Gasteiger partial charge in [-0.2, -0.15) is 0 Å². The first kappa shape index (κ1) is 64.7. The molecule has 0 saturated carbocycles. The molecule has 18 nitrogen and oxygen atoms in total. The Hall–Kier alpha value is -13.0. The predicted molar refractivity (Wildman–Crippen MR) is 380 cm³/mol. The first-order valence-corrected chi connectivity index (χ1v) is 33.5. The van der Waals surface area contributed by atoms with Crippen molar-refractivity contribution in [3.8, 4) is 103 Å². The molecule has 0 aliphatic heterocycles. The van der Waals surface area contributed by atoms with Crippen molar-refractivity contribution in [2.75, 3.05) is 0 Å². The minimum atomic E-state index is -1.48. The summed E-state index contributed by atoms with van der Waals surface area (Å²) in [4.78, 5) is 0. The molecule has 4 aliphatic rings. The second-order valence-corrected chi connectivity index (χ2v) is 27.8. The Balaban J connectivity index is 0.992. The van der Waals surface area contributed by atoms with E-state index in [0.717, 1.165) is 18.2 Å². The number of hydrogen-bond donors (Lipinski definition) is 18. The van der Waals surface area contributed by atoms with Crippen molar-refractivity contribution >= 4 is 0 Å². The molecule has 12 aromatic carbocycles. The quantitative estimate of drug-likeness (QED) is 0.0572. The summed E-state index contributed by atoms with van der Waals surface area (Å²) in [6.45, 7) is 1.89. The van der Waals surface area contributed by atoms with Crippen molar-refractivity contribution in [3.05, 3.63) is 318 Å². The van der Waals surface area contributed by atoms with Crippen molar-refractivity contribution < 1.29 is 91.9 Å². The third-order valence-electron chi connectivity index (χ3n) is 22.3. The number of benzene rings is 12. The van der Waals surface area contributed by atoms with E-state index in [1.807, 2.05) is 6.92 Å². The van der Waals surface area contributed by atoms with E-state index in [1.165, 1.54) is 121 Å². The Bertz CT molecular complexity index is 5350. The smallest absolute Gasteiger partial charge is 0.123 e. The SMILES string of the molecule is CC(c1ccc(O)cc1)[C@@H]1c2cc(O)cc(O)c2[C@@H](c2ccc(O)cc2)[C@@H]2c3c1c(O)cc(O)c3[C@H](c1cc(O)c([C@@H](c3ccc(O)cc3)C3c4cc(O)cc(O)c4[C@H](c4ccc(O)cc4)[C@H]4c5c3c(O)cc(O)c5[C@H](c3cc(O)cc(O)c3)[C@H]4c3ccc(O)cc3)c(O)c1)C2c1ccc(O)cc1. The maximum absolute atomic E-state index is 13.7. The Morgan fingerprint density at radius 3 is 0.913 bits per heavy atom. The van der Waals surface area contributed by atoms with Crippen LogP contribution in [0.4, 0.5) is 0 Å². The summed E-state index contributed by atoms with van der Waals surface area (Å²) in [7, 11) is 0. The monoisotopic (exact) mass is 1380 g/mol. The average Bonchev–Trinajstić information content (AvgIpc) is 1.54. The highest BCUT2D eigenvalue weighted by Crippen LogP contribution is 2.73. The van der Waals surface area contributed by atoms with Gasteiger partial charge < -0.3 is 91.9 Å². The Labute approximate surface area is 588 Å². The highest BCUT2D eigenvalue weighted by molar-refractivity contribution is 5.76. The summed E-state index contributed by atoms with van der Waals surface area (Å²) in [6, 6.07) is 52.0. The Morgan fingerprint density at radius 1 is 0.214 bits per heavy atom. The fourth-order valence-electron chi connectivity index (χ4n) is 18.5. The minimum absolute atomic E-state index is 0.0189. The lowest BCUT2D eigenvalue weighted by Crippen LogP contribution is -2.20. The van der Waals surface area contributed by atoms with E-state index >= 15 is 0 Å². The van der Waals surface area contributed by atoms with Gasteiger partial charge in [-0.25, -0.2) is 0 Å². The van der Waals surface area contributed by atoms with Crippen molar-refractivity contribution in [3.63, 3.8) is 0 Å². The summed E-state index contributed by atoms with van der Waals surface area (Å²) in [5, 5.41) is 217. The Morgan fingerprint density at radius 2 is 0.515 bits per heavy atom. The molecule has 0 amide bonds. The number of phenolic OH excluding ortho intramolecular Hbond substituents is 18. The van der Waals surface area contributed by atoms with Gasteiger partial charge in [0.15, 0.2) is 0 Å². The molecule has 0 heterocycles. The van der Waals surface area contributed by atoms with Crippen LogP contribution in [0.3, 0.4) is 0 Å². The summed E-state index contributed by atoms with van der Waals surface area (Å²) in [5.41, 5.74) is 5.65. The number of fused-ring (bicyclic) bond motifs is 2. The molecule has 516 valence electrons. The molecule has 0 aromatic heterocycles. The van der Waals surface area contributed by atoms with Crippen molar-refractivity contribution in [1.82, 2.24) is 0 Å². The summed E-state index contributed by atoms with van der Waals surface area (Å²) < 4.78 is 0. The zero-order chi connectivity index (χ0) is 72.0. The van der Waals surface area contributed by atoms with Crippen LogP contribution in [0.25, 0.3) is 0 Å². The van der Waals surface area contributed by atoms with Crippen LogP contribution >= 0.6 is 0 Å². The fourth-order valence-corrected chi connectivity index (χ4v) is 18.5. The van der Waals surface area contributed by atoms with Gasteiger partial charge in [0.1, 0.15) is 103 Å². The summed E-state index contributed by atoms with van der Waals surface area (Å²) in [5.74, 6) is -18.5. The molecule has 3 unspecified atom stereocenters. The van der Waals surface area contributed by atoms with Gasteiger partial charge in [-0.1, -0.05) is 79.7 Å². The summed E-state index contributed by atoms with van der Waals surface area (Å²) >= 11 is 0. The largest absolute Gasteiger partial charge is 0.508 e. The molecule has 0 saturated heterocycles. The maximum atomic E-state index is 13.7. The van der Waals surface area contributed by atoms with Gasteiger partial charge >= 0.3 is 0 Å². The lowest BCUT2D eigenvalue weighted by Gasteiger charge is -2.35. The van der Waals surface area contributed by atoms with Crippen LogP contribution < -0.4 is 0 Å². The lowest BCUT2D eigenvalue weighted by atomic mass is 9.68. The van der Waals surface area contributed by atoms with E-state index in [9.17, 15) is 91.9 Å². The van der Waals surface area contributed by atoms with E-state index in [4.69, 9.17) is 0 Å². The number of rotatable bonds is 11. The molecule has 18 N–H and O–H groups in total. The normalized spacial score (nSPS) is 21.1. The molecule has 0 spiro atoms. The van der Waals surface area contributed by atoms with Gasteiger partial charge in [-0.15, -0.1) is 0 Å². The van der Waals surface area contributed by atoms with E-state index in [2.05, 4.69) is 0 Å². The van der Waals surface area contributed by atoms with Gasteiger partial charge in [0.05, 0.1) is 0 Å². The first-order chi connectivity index (χ1) is 49.4. The van der Waals surface area contributed by atoms with Crippen LogP contribution in [-0.2, 0) is 0 Å². The highest BCUT2D eigenvalue weighted by Gasteiger charge is 2.57. The third-order valence-corrected chi connectivity index (χ3v) is 22.3. The zero-order valence-electron chi connectivity index (χ0n) is 54.7. The van der Waals surface area contributed by atoms with Gasteiger partial charge in [0.25, 0.3) is 0 Å². The van der Waals surface area contributed by atoms with E-state index in [1.54, 1.807) is 72.8 Å². The van der Waals surface area contributed by atoms with Crippen LogP contribution in [0.1, 0.15) is 184 Å². The van der Waals surface area contributed by atoms with Crippen molar-refractivity contribution in [2.24, 2.45) is 0 Å². The minimum Gasteiger partial charge on any atom is -0.508 e. The molecule has 12 aromatic rings. The Kier molecular flexibility index (Phi) is 15.2. The molecule has 4 aliphatic carbocycles. The highest BCUT2D eigenvalue weighted by atomic mass is 16.3. The molecule has 0 fully saturated rings. The maximum Gasteiger partial charge on any atom is 0.123 e. The molecular formula is C85H68O18. The third kappa shape index (κ3) is 10.4. The molecule has 18 heteroatoms. The van der Waals surface area contributed by atoms with Crippen LogP contribution in [-0.4, -0.2) is 91.9 Å². The summed E-state index contributed by atoms with van der Waals surface area (Å²) in [6.07, 6.45) is 0. The molecule has 12 atom stereocenters. The number of hydrogen-bond acceptors (Lipinski definition) is 18. The molecule has 16 rings (SSSR count). The average molecular weight is 1380 g/mol. The van der Waals surface area contributed by atoms with Gasteiger partial charge in [-0.05, 0) is 182 Å². The predicted octanol–water partition coefficient (Wildman–Crippen LogP) is 15.6. The van der Waals surface area contributed by atoms with E-state index < -0.39 is 111 Å². The van der Waals surface area contributed by atoms with Crippen LogP contribution in [0, 0.1) is 0 Å². The van der Waals surface area contributed by atoms with Crippen molar-refractivity contribution in [2.45, 2.75) is 77.9 Å². The van der Waals surface area contributed by atoms with Crippen molar-refractivity contribution in [1.29, 1.82) is 0 Å². The van der Waals surface area contributed by atoms with Crippen LogP contribution in [0.5, 0.6) is 103 Å². The first-order valence-electron chi connectivity index (χ1n) is 33.5. The van der Waals surface area contributed by atoms with Gasteiger partial charge in [-0.3, -0.25) is 0 Å².